The van der Waals surface area contributed by atoms with E-state index in [-0.39, 0.29) is 12.3 Å². The third-order valence-electron chi connectivity index (χ3n) is 6.97. The molecule has 0 spiro atoms. The molecule has 1 atom stereocenters. The van der Waals surface area contributed by atoms with E-state index in [1.165, 1.54) is 0 Å². The molecule has 5 heterocycles. The highest BCUT2D eigenvalue weighted by molar-refractivity contribution is 6.05. The van der Waals surface area contributed by atoms with Crippen molar-refractivity contribution in [2.24, 2.45) is 7.05 Å². The zero-order valence-electron chi connectivity index (χ0n) is 22.5. The van der Waals surface area contributed by atoms with Crippen molar-refractivity contribution in [1.82, 2.24) is 39.5 Å². The van der Waals surface area contributed by atoms with Gasteiger partial charge < -0.3 is 25.3 Å². The van der Waals surface area contributed by atoms with Crippen LogP contribution in [0.15, 0.2) is 30.9 Å². The van der Waals surface area contributed by atoms with E-state index in [1.54, 1.807) is 37.4 Å². The number of fused-ring (bicyclic) bond motifs is 1. The first-order valence-corrected chi connectivity index (χ1v) is 12.8. The van der Waals surface area contributed by atoms with Crippen molar-refractivity contribution in [2.45, 2.75) is 19.4 Å². The number of nitrogens with one attached hydrogen (secondary N) is 3. The van der Waals surface area contributed by atoms with E-state index in [1.807, 2.05) is 31.1 Å². The second-order valence-corrected chi connectivity index (χ2v) is 9.68. The zero-order valence-corrected chi connectivity index (χ0v) is 22.5. The average molecular weight is 537 g/mol. The van der Waals surface area contributed by atoms with Crippen LogP contribution in [0.1, 0.15) is 12.0 Å². The Labute approximate surface area is 225 Å². The van der Waals surface area contributed by atoms with Gasteiger partial charge in [-0.05, 0) is 25.6 Å². The number of H-pyrrole nitrogens is 1. The largest absolute Gasteiger partial charge is 0.478 e. The number of hydrogen-bond donors (Lipinski definition) is 3. The monoisotopic (exact) mass is 536 g/mol. The molecular formula is C26H33FN10O2. The normalized spacial score (nSPS) is 15.4. The number of aromatic nitrogens is 6. The minimum Gasteiger partial charge on any atom is -0.478 e. The lowest BCUT2D eigenvalue weighted by atomic mass is 10.1. The number of carbonyl (C=O) groups is 1. The number of amides is 1. The van der Waals surface area contributed by atoms with E-state index in [0.717, 1.165) is 35.3 Å². The molecule has 0 unspecified atom stereocenters. The number of aromatic amines is 1. The molecule has 3 N–H and O–H groups in total. The fourth-order valence-corrected chi connectivity index (χ4v) is 4.86. The summed E-state index contributed by atoms with van der Waals surface area (Å²) in [5.41, 5.74) is 3.74. The van der Waals surface area contributed by atoms with Crippen molar-refractivity contribution in [3.05, 3.63) is 36.4 Å². The molecule has 0 saturated carbocycles. The number of ether oxygens (including phenoxy) is 1. The number of alkyl halides is 1. The summed E-state index contributed by atoms with van der Waals surface area (Å²) in [5.74, 6) is 0.958. The molecule has 1 aliphatic rings. The van der Waals surface area contributed by atoms with Crippen LogP contribution in [0.25, 0.3) is 22.2 Å². The van der Waals surface area contributed by atoms with Gasteiger partial charge in [0.05, 0.1) is 37.2 Å². The molecule has 5 rings (SSSR count). The number of carbonyl (C=O) groups excluding carboxylic acids is 1. The summed E-state index contributed by atoms with van der Waals surface area (Å²) in [6.07, 6.45) is 7.15. The average Bonchev–Trinajstić information content (AvgIpc) is 3.52. The summed E-state index contributed by atoms with van der Waals surface area (Å²) in [4.78, 5) is 34.4. The summed E-state index contributed by atoms with van der Waals surface area (Å²) >= 11 is 0. The Bertz CT molecular complexity index is 1460. The minimum atomic E-state index is -0.566. The lowest BCUT2D eigenvalue weighted by Gasteiger charge is -2.36. The van der Waals surface area contributed by atoms with Crippen molar-refractivity contribution in [3.63, 3.8) is 0 Å². The molecule has 4 aromatic heterocycles. The molecule has 13 heteroatoms. The van der Waals surface area contributed by atoms with Crippen molar-refractivity contribution >= 4 is 34.3 Å². The summed E-state index contributed by atoms with van der Waals surface area (Å²) in [5, 5.41) is 11.2. The maximum atomic E-state index is 13.4. The van der Waals surface area contributed by atoms with Gasteiger partial charge in [-0.15, -0.1) is 5.10 Å². The van der Waals surface area contributed by atoms with Crippen LogP contribution in [-0.2, 0) is 11.8 Å². The number of halogens is 1. The molecule has 1 aliphatic heterocycles. The van der Waals surface area contributed by atoms with Gasteiger partial charge in [-0.2, -0.15) is 0 Å². The van der Waals surface area contributed by atoms with Gasteiger partial charge in [0.15, 0.2) is 5.82 Å². The van der Waals surface area contributed by atoms with E-state index in [2.05, 4.69) is 35.6 Å². The number of pyridine rings is 1. The molecule has 1 fully saturated rings. The van der Waals surface area contributed by atoms with E-state index in [0.29, 0.717) is 41.9 Å². The molecule has 206 valence electrons. The van der Waals surface area contributed by atoms with Crippen molar-refractivity contribution in [3.8, 4) is 17.1 Å². The zero-order chi connectivity index (χ0) is 27.5. The summed E-state index contributed by atoms with van der Waals surface area (Å²) in [6.45, 7) is 4.48. The minimum absolute atomic E-state index is 0.138. The van der Waals surface area contributed by atoms with Crippen molar-refractivity contribution in [1.29, 1.82) is 0 Å². The highest BCUT2D eigenvalue weighted by Gasteiger charge is 2.29. The first kappa shape index (κ1) is 26.5. The molecule has 0 aliphatic carbocycles. The van der Waals surface area contributed by atoms with Crippen LogP contribution in [-0.4, -0.2) is 98.5 Å². The predicted molar refractivity (Wildman–Crippen MR) is 147 cm³/mol. The third kappa shape index (κ3) is 5.54. The topological polar surface area (TPSA) is 129 Å². The van der Waals surface area contributed by atoms with Gasteiger partial charge in [0.2, 0.25) is 11.9 Å². The van der Waals surface area contributed by atoms with Crippen molar-refractivity contribution in [2.75, 3.05) is 57.6 Å². The Morgan fingerprint density at radius 3 is 2.77 bits per heavy atom. The maximum Gasteiger partial charge on any atom is 0.256 e. The Balaban J connectivity index is 1.42. The summed E-state index contributed by atoms with van der Waals surface area (Å²) in [6, 6.07) is 1.31. The van der Waals surface area contributed by atoms with Gasteiger partial charge in [0, 0.05) is 69.2 Å². The van der Waals surface area contributed by atoms with Crippen LogP contribution in [0.2, 0.25) is 0 Å². The second kappa shape index (κ2) is 11.3. The highest BCUT2D eigenvalue weighted by Crippen LogP contribution is 2.33. The number of likely N-dealkylation sites (N-methyl/N-ethyl adjacent to an activating group) is 1. The number of methoxy groups -OCH3 is 1. The Hall–Kier alpha value is -4.10. The molecule has 1 amide bonds. The number of nitrogens with zero attached hydrogens (tertiary/aromatic N) is 7. The predicted octanol–water partition coefficient (Wildman–Crippen LogP) is 2.73. The van der Waals surface area contributed by atoms with Gasteiger partial charge in [-0.25, -0.2) is 15.0 Å². The van der Waals surface area contributed by atoms with Crippen LogP contribution in [0.5, 0.6) is 5.88 Å². The number of hydrogen-bond acceptors (Lipinski definition) is 9. The molecule has 0 bridgehead atoms. The van der Waals surface area contributed by atoms with Crippen LogP contribution in [0.3, 0.4) is 0 Å². The van der Waals surface area contributed by atoms with E-state index >= 15 is 0 Å². The van der Waals surface area contributed by atoms with Crippen molar-refractivity contribution < 1.29 is 13.9 Å². The van der Waals surface area contributed by atoms with Gasteiger partial charge in [-0.3, -0.25) is 18.8 Å². The molecule has 39 heavy (non-hydrogen) atoms. The fraction of sp³-hybridized carbons (Fsp3) is 0.423. The first-order valence-electron chi connectivity index (χ1n) is 12.8. The SMILES string of the molecule is COc1nn(C)cc1Nc1ncc(C)c(-c2c[nH]c3c(NC(=O)[C@@H](CCF)N4CCN(C)CC4)nccc23)n1. The van der Waals surface area contributed by atoms with Crippen LogP contribution >= 0.6 is 0 Å². The number of piperazine rings is 1. The molecule has 1 saturated heterocycles. The maximum absolute atomic E-state index is 13.4. The van der Waals surface area contributed by atoms with Crippen LogP contribution < -0.4 is 15.4 Å². The van der Waals surface area contributed by atoms with Gasteiger partial charge in [0.25, 0.3) is 5.88 Å². The number of anilines is 3. The smallest absolute Gasteiger partial charge is 0.256 e. The Kier molecular flexibility index (Phi) is 7.70. The molecule has 0 radical (unpaired) electrons. The van der Waals surface area contributed by atoms with Gasteiger partial charge in [-0.1, -0.05) is 0 Å². The molecule has 12 nitrogen and oxygen atoms in total. The Morgan fingerprint density at radius 2 is 2.03 bits per heavy atom. The molecule has 4 aromatic rings. The Morgan fingerprint density at radius 1 is 1.23 bits per heavy atom. The fourth-order valence-electron chi connectivity index (χ4n) is 4.86. The summed E-state index contributed by atoms with van der Waals surface area (Å²) < 4.78 is 20.4. The second-order valence-electron chi connectivity index (χ2n) is 9.68. The lowest BCUT2D eigenvalue weighted by Crippen LogP contribution is -2.53. The highest BCUT2D eigenvalue weighted by atomic mass is 19.1. The molecular weight excluding hydrogens is 503 g/mol. The summed E-state index contributed by atoms with van der Waals surface area (Å²) in [7, 11) is 5.40. The van der Waals surface area contributed by atoms with Gasteiger partial charge >= 0.3 is 0 Å². The van der Waals surface area contributed by atoms with E-state index in [4.69, 9.17) is 9.72 Å². The quantitative estimate of drug-likeness (QED) is 0.296. The standard InChI is InChI=1S/C26H33FN10O2/c1-16-13-30-26(31-19-15-36(3)34-25(19)39-4)32-21(16)18-14-29-22-17(18)6-8-28-23(22)33-24(38)20(5-7-27)37-11-9-35(2)10-12-37/h6,8,13-15,20,29H,5,7,9-12H2,1-4H3,(H,28,33,38)(H,30,31,32)/t20-/m1/s1. The van der Waals surface area contributed by atoms with Crippen LogP contribution in [0, 0.1) is 6.92 Å². The van der Waals surface area contributed by atoms with E-state index < -0.39 is 12.7 Å². The molecule has 0 aromatic carbocycles. The number of aryl methyl sites for hydroxylation is 2. The lowest BCUT2D eigenvalue weighted by molar-refractivity contribution is -0.122. The van der Waals surface area contributed by atoms with Crippen LogP contribution in [0.4, 0.5) is 21.8 Å². The number of rotatable bonds is 9. The van der Waals surface area contributed by atoms with E-state index in [9.17, 15) is 9.18 Å². The van der Waals surface area contributed by atoms with Gasteiger partial charge in [0.1, 0.15) is 5.69 Å². The first-order chi connectivity index (χ1) is 18.9. The third-order valence-corrected chi connectivity index (χ3v) is 6.97.